The number of halogens is 2. The predicted molar refractivity (Wildman–Crippen MR) is 87.5 cm³/mol. The smallest absolute Gasteiger partial charge is 0.243 e. The minimum Gasteiger partial charge on any atom is -0.340 e. The monoisotopic (exact) mass is 365 g/mol. The maximum absolute atomic E-state index is 12.9. The highest BCUT2D eigenvalue weighted by molar-refractivity contribution is 7.89. The fourth-order valence-corrected chi connectivity index (χ4v) is 3.75. The van der Waals surface area contributed by atoms with Crippen LogP contribution in [0.4, 0.5) is 4.39 Å². The van der Waals surface area contributed by atoms with Gasteiger partial charge in [0.15, 0.2) is 0 Å². The van der Waals surface area contributed by atoms with Gasteiger partial charge in [0, 0.05) is 39.1 Å². The largest absolute Gasteiger partial charge is 0.340 e. The number of sulfonamides is 1. The third-order valence-electron chi connectivity index (χ3n) is 3.63. The lowest BCUT2D eigenvalue weighted by atomic mass is 10.3. The minimum absolute atomic E-state index is 0. The van der Waals surface area contributed by atoms with Crippen molar-refractivity contribution in [3.8, 4) is 0 Å². The van der Waals surface area contributed by atoms with E-state index in [1.54, 1.807) is 11.9 Å². The van der Waals surface area contributed by atoms with E-state index in [0.717, 1.165) is 12.1 Å². The van der Waals surface area contributed by atoms with E-state index in [9.17, 15) is 17.6 Å². The summed E-state index contributed by atoms with van der Waals surface area (Å²) in [6.07, 6.45) is 0.404. The molecule has 1 saturated heterocycles. The summed E-state index contributed by atoms with van der Waals surface area (Å²) in [5.41, 5.74) is 0. The third-order valence-corrected chi connectivity index (χ3v) is 5.54. The standard InChI is InChI=1S/C14H20FN3O3S.ClH/c1-16-7-6-14(19)17-8-10-18(11-9-17)22(20,21)13-4-2-12(15)3-5-13;/h2-5,16H,6-11H2,1H3;1H. The van der Waals surface area contributed by atoms with Gasteiger partial charge in [-0.25, -0.2) is 12.8 Å². The fraction of sp³-hybridized carbons (Fsp3) is 0.500. The lowest BCUT2D eigenvalue weighted by Gasteiger charge is -2.34. The zero-order valence-corrected chi connectivity index (χ0v) is 14.5. The maximum atomic E-state index is 12.9. The van der Waals surface area contributed by atoms with Crippen molar-refractivity contribution >= 4 is 28.3 Å². The fourth-order valence-electron chi connectivity index (χ4n) is 2.32. The van der Waals surface area contributed by atoms with Crippen molar-refractivity contribution in [3.63, 3.8) is 0 Å². The van der Waals surface area contributed by atoms with Gasteiger partial charge in [-0.2, -0.15) is 4.31 Å². The molecule has 6 nitrogen and oxygen atoms in total. The summed E-state index contributed by atoms with van der Waals surface area (Å²) in [4.78, 5) is 13.6. The Morgan fingerprint density at radius 1 is 1.17 bits per heavy atom. The zero-order valence-electron chi connectivity index (χ0n) is 12.9. The van der Waals surface area contributed by atoms with Crippen LogP contribution < -0.4 is 5.32 Å². The van der Waals surface area contributed by atoms with Gasteiger partial charge in [0.1, 0.15) is 5.82 Å². The Labute approximate surface area is 142 Å². The van der Waals surface area contributed by atoms with Crippen LogP contribution in [0.2, 0.25) is 0 Å². The Kier molecular flexibility index (Phi) is 7.40. The third kappa shape index (κ3) is 4.87. The van der Waals surface area contributed by atoms with Gasteiger partial charge in [-0.3, -0.25) is 4.79 Å². The molecular weight excluding hydrogens is 345 g/mol. The maximum Gasteiger partial charge on any atom is 0.243 e. The van der Waals surface area contributed by atoms with Crippen LogP contribution in [-0.2, 0) is 14.8 Å². The van der Waals surface area contributed by atoms with Gasteiger partial charge < -0.3 is 10.2 Å². The van der Waals surface area contributed by atoms with E-state index in [0.29, 0.717) is 26.1 Å². The number of hydrogen-bond donors (Lipinski definition) is 1. The van der Waals surface area contributed by atoms with Crippen molar-refractivity contribution in [1.29, 1.82) is 0 Å². The molecule has 1 aromatic carbocycles. The minimum atomic E-state index is -3.63. The van der Waals surface area contributed by atoms with Gasteiger partial charge in [0.2, 0.25) is 15.9 Å². The highest BCUT2D eigenvalue weighted by Crippen LogP contribution is 2.18. The molecule has 1 aromatic rings. The molecule has 0 bridgehead atoms. The molecule has 0 aromatic heterocycles. The zero-order chi connectivity index (χ0) is 16.2. The molecule has 0 atom stereocenters. The molecule has 1 fully saturated rings. The summed E-state index contributed by atoms with van der Waals surface area (Å²) in [6.45, 7) is 1.87. The first-order chi connectivity index (χ1) is 10.4. The molecule has 1 aliphatic rings. The number of benzene rings is 1. The Balaban J connectivity index is 0.00000264. The molecule has 130 valence electrons. The van der Waals surface area contributed by atoms with Crippen LogP contribution >= 0.6 is 12.4 Å². The van der Waals surface area contributed by atoms with E-state index >= 15 is 0 Å². The molecule has 23 heavy (non-hydrogen) atoms. The number of amides is 1. The van der Waals surface area contributed by atoms with E-state index < -0.39 is 15.8 Å². The molecule has 0 spiro atoms. The second-order valence-corrected chi connectivity index (χ2v) is 7.03. The molecule has 2 rings (SSSR count). The Morgan fingerprint density at radius 2 is 1.74 bits per heavy atom. The van der Waals surface area contributed by atoms with Gasteiger partial charge in [0.05, 0.1) is 4.90 Å². The normalized spacial score (nSPS) is 16.0. The van der Waals surface area contributed by atoms with E-state index in [4.69, 9.17) is 0 Å². The van der Waals surface area contributed by atoms with E-state index in [1.165, 1.54) is 16.4 Å². The predicted octanol–water partition coefficient (Wildman–Crippen LogP) is 0.690. The summed E-state index contributed by atoms with van der Waals surface area (Å²) in [7, 11) is -1.85. The lowest BCUT2D eigenvalue weighted by molar-refractivity contribution is -0.132. The second-order valence-electron chi connectivity index (χ2n) is 5.09. The number of hydrogen-bond acceptors (Lipinski definition) is 4. The Hall–Kier alpha value is -1.22. The molecule has 1 heterocycles. The van der Waals surface area contributed by atoms with Crippen LogP contribution in [0, 0.1) is 5.82 Å². The van der Waals surface area contributed by atoms with Crippen LogP contribution in [-0.4, -0.2) is 63.3 Å². The first-order valence-corrected chi connectivity index (χ1v) is 8.57. The van der Waals surface area contributed by atoms with Crippen molar-refractivity contribution in [2.75, 3.05) is 39.8 Å². The first-order valence-electron chi connectivity index (χ1n) is 7.13. The summed E-state index contributed by atoms with van der Waals surface area (Å²) in [6, 6.07) is 4.78. The average Bonchev–Trinajstić information content (AvgIpc) is 2.53. The average molecular weight is 366 g/mol. The van der Waals surface area contributed by atoms with Crippen molar-refractivity contribution in [2.24, 2.45) is 0 Å². The van der Waals surface area contributed by atoms with Crippen molar-refractivity contribution in [1.82, 2.24) is 14.5 Å². The molecule has 9 heteroatoms. The molecule has 0 aliphatic carbocycles. The number of piperazine rings is 1. The number of nitrogens with one attached hydrogen (secondary N) is 1. The van der Waals surface area contributed by atoms with Gasteiger partial charge in [-0.1, -0.05) is 0 Å². The number of rotatable bonds is 5. The number of nitrogens with zero attached hydrogens (tertiary/aromatic N) is 2. The molecule has 0 unspecified atom stereocenters. The highest BCUT2D eigenvalue weighted by Gasteiger charge is 2.29. The van der Waals surface area contributed by atoms with Crippen LogP contribution in [0.25, 0.3) is 0 Å². The van der Waals surface area contributed by atoms with Crippen LogP contribution in [0.3, 0.4) is 0 Å². The van der Waals surface area contributed by atoms with Crippen LogP contribution in [0.15, 0.2) is 29.2 Å². The van der Waals surface area contributed by atoms with Crippen LogP contribution in [0.1, 0.15) is 6.42 Å². The van der Waals surface area contributed by atoms with Crippen molar-refractivity contribution < 1.29 is 17.6 Å². The van der Waals surface area contributed by atoms with E-state index in [1.807, 2.05) is 0 Å². The number of carbonyl (C=O) groups is 1. The van der Waals surface area contributed by atoms with Crippen LogP contribution in [0.5, 0.6) is 0 Å². The quantitative estimate of drug-likeness (QED) is 0.833. The molecule has 1 aliphatic heterocycles. The molecule has 0 saturated carbocycles. The first kappa shape index (κ1) is 19.8. The summed E-state index contributed by atoms with van der Waals surface area (Å²) < 4.78 is 39.1. The Bertz CT molecular complexity index is 617. The summed E-state index contributed by atoms with van der Waals surface area (Å²) in [5, 5.41) is 2.91. The van der Waals surface area contributed by atoms with Gasteiger partial charge in [-0.05, 0) is 31.3 Å². The van der Waals surface area contributed by atoms with Gasteiger partial charge in [-0.15, -0.1) is 12.4 Å². The van der Waals surface area contributed by atoms with E-state index in [-0.39, 0.29) is 36.3 Å². The molecule has 1 amide bonds. The molecule has 1 N–H and O–H groups in total. The summed E-state index contributed by atoms with van der Waals surface area (Å²) in [5.74, 6) is -0.452. The van der Waals surface area contributed by atoms with Gasteiger partial charge >= 0.3 is 0 Å². The summed E-state index contributed by atoms with van der Waals surface area (Å²) >= 11 is 0. The molecule has 0 radical (unpaired) electrons. The van der Waals surface area contributed by atoms with Crippen molar-refractivity contribution in [3.05, 3.63) is 30.1 Å². The van der Waals surface area contributed by atoms with Gasteiger partial charge in [0.25, 0.3) is 0 Å². The second kappa shape index (κ2) is 8.58. The molecular formula is C14H21ClFN3O3S. The van der Waals surface area contributed by atoms with E-state index in [2.05, 4.69) is 5.32 Å². The lowest BCUT2D eigenvalue weighted by Crippen LogP contribution is -2.50. The Morgan fingerprint density at radius 3 is 2.26 bits per heavy atom. The number of carbonyl (C=O) groups excluding carboxylic acids is 1. The highest BCUT2D eigenvalue weighted by atomic mass is 35.5. The topological polar surface area (TPSA) is 69.7 Å². The van der Waals surface area contributed by atoms with Crippen molar-refractivity contribution in [2.45, 2.75) is 11.3 Å². The SMILES string of the molecule is CNCCC(=O)N1CCN(S(=O)(=O)c2ccc(F)cc2)CC1.Cl.